The fourth-order valence-corrected chi connectivity index (χ4v) is 0.793. The number of hydrogen-bond acceptors (Lipinski definition) is 4. The van der Waals surface area contributed by atoms with E-state index >= 15 is 0 Å². The third kappa shape index (κ3) is 1.52. The summed E-state index contributed by atoms with van der Waals surface area (Å²) in [5, 5.41) is 8.47. The second-order valence-corrected chi connectivity index (χ2v) is 2.14. The lowest BCUT2D eigenvalue weighted by atomic mass is 10.2. The van der Waals surface area contributed by atoms with Crippen molar-refractivity contribution in [3.8, 4) is 6.07 Å². The van der Waals surface area contributed by atoms with Gasteiger partial charge in [-0.05, 0) is 24.4 Å². The molecular weight excluding hydrogens is 152 g/mol. The second kappa shape index (κ2) is 3.39. The quantitative estimate of drug-likeness (QED) is 0.624. The second-order valence-electron chi connectivity index (χ2n) is 2.14. The van der Waals surface area contributed by atoms with E-state index in [1.165, 1.54) is 6.20 Å². The number of aromatic nitrogens is 1. The van der Waals surface area contributed by atoms with Crippen LogP contribution in [-0.4, -0.2) is 4.98 Å². The Morgan fingerprint density at radius 2 is 2.25 bits per heavy atom. The van der Waals surface area contributed by atoms with Crippen LogP contribution in [0.15, 0.2) is 18.3 Å². The Morgan fingerprint density at radius 1 is 1.50 bits per heavy atom. The van der Waals surface area contributed by atoms with E-state index < -0.39 is 0 Å². The Kier molecular flexibility index (Phi) is 2.29. The molecule has 0 aromatic carbocycles. The Balaban J connectivity index is 3.14. The fraction of sp³-hybridized carbons (Fsp3) is 0. The van der Waals surface area contributed by atoms with Crippen molar-refractivity contribution in [2.24, 2.45) is 5.73 Å². The summed E-state index contributed by atoms with van der Waals surface area (Å²) in [5.41, 5.74) is 11.7. The molecule has 0 atom stereocenters. The molecule has 4 nitrogen and oxygen atoms in total. The SMILES string of the molecule is N#Cc1ccc(/C=C\N)c(N)n1. The molecule has 12 heavy (non-hydrogen) atoms. The van der Waals surface area contributed by atoms with Gasteiger partial charge < -0.3 is 11.5 Å². The molecule has 4 N–H and O–H groups in total. The van der Waals surface area contributed by atoms with E-state index in [1.807, 2.05) is 6.07 Å². The summed E-state index contributed by atoms with van der Waals surface area (Å²) in [7, 11) is 0. The van der Waals surface area contributed by atoms with E-state index in [2.05, 4.69) is 4.98 Å². The minimum Gasteiger partial charge on any atom is -0.405 e. The van der Waals surface area contributed by atoms with Crippen molar-refractivity contribution < 1.29 is 0 Å². The molecule has 0 aliphatic rings. The summed E-state index contributed by atoms with van der Waals surface area (Å²) in [6, 6.07) is 5.18. The van der Waals surface area contributed by atoms with Gasteiger partial charge in [0.1, 0.15) is 17.6 Å². The maximum atomic E-state index is 8.47. The van der Waals surface area contributed by atoms with Crippen LogP contribution in [0.4, 0.5) is 5.82 Å². The van der Waals surface area contributed by atoms with Crippen LogP contribution in [-0.2, 0) is 0 Å². The third-order valence-electron chi connectivity index (χ3n) is 1.35. The zero-order valence-corrected chi connectivity index (χ0v) is 6.36. The Bertz CT molecular complexity index is 349. The predicted molar refractivity (Wildman–Crippen MR) is 46.6 cm³/mol. The van der Waals surface area contributed by atoms with Gasteiger partial charge in [0, 0.05) is 5.56 Å². The molecule has 1 aromatic rings. The summed E-state index contributed by atoms with van der Waals surface area (Å²) in [6.07, 6.45) is 3.00. The first-order chi connectivity index (χ1) is 5.77. The van der Waals surface area contributed by atoms with Gasteiger partial charge >= 0.3 is 0 Å². The number of nitrogens with two attached hydrogens (primary N) is 2. The van der Waals surface area contributed by atoms with Crippen LogP contribution in [0.2, 0.25) is 0 Å². The molecule has 0 spiro atoms. The van der Waals surface area contributed by atoms with Crippen LogP contribution in [0.1, 0.15) is 11.3 Å². The van der Waals surface area contributed by atoms with Crippen molar-refractivity contribution in [1.29, 1.82) is 5.26 Å². The molecular formula is C8H8N4. The molecule has 0 aliphatic carbocycles. The van der Waals surface area contributed by atoms with E-state index in [1.54, 1.807) is 18.2 Å². The van der Waals surface area contributed by atoms with E-state index in [4.69, 9.17) is 16.7 Å². The summed E-state index contributed by atoms with van der Waals surface area (Å²) in [4.78, 5) is 3.82. The number of nitriles is 1. The number of nitrogens with zero attached hydrogens (tertiary/aromatic N) is 2. The van der Waals surface area contributed by atoms with E-state index in [-0.39, 0.29) is 0 Å². The van der Waals surface area contributed by atoms with Crippen molar-refractivity contribution in [3.63, 3.8) is 0 Å². The lowest BCUT2D eigenvalue weighted by molar-refractivity contribution is 1.26. The minimum absolute atomic E-state index is 0.307. The standard InChI is InChI=1S/C8H8N4/c9-4-3-6-1-2-7(5-10)12-8(6)11/h1-4H,9H2,(H2,11,12)/b4-3-. The van der Waals surface area contributed by atoms with Crippen molar-refractivity contribution in [3.05, 3.63) is 29.6 Å². The number of anilines is 1. The highest BCUT2D eigenvalue weighted by Gasteiger charge is 1.97. The average Bonchev–Trinajstić information content (AvgIpc) is 2.09. The molecule has 4 heteroatoms. The number of rotatable bonds is 1. The molecule has 0 saturated heterocycles. The number of hydrogen-bond donors (Lipinski definition) is 2. The lowest BCUT2D eigenvalue weighted by Gasteiger charge is -1.97. The zero-order valence-electron chi connectivity index (χ0n) is 6.36. The lowest BCUT2D eigenvalue weighted by Crippen LogP contribution is -1.96. The van der Waals surface area contributed by atoms with Crippen molar-refractivity contribution >= 4 is 11.9 Å². The maximum Gasteiger partial charge on any atom is 0.142 e. The number of nitrogen functional groups attached to an aromatic ring is 1. The van der Waals surface area contributed by atoms with E-state index in [0.717, 1.165) is 5.56 Å². The topological polar surface area (TPSA) is 88.7 Å². The Hall–Kier alpha value is -2.02. The molecule has 1 heterocycles. The Morgan fingerprint density at radius 3 is 2.75 bits per heavy atom. The van der Waals surface area contributed by atoms with Gasteiger partial charge in [0.05, 0.1) is 0 Å². The normalized spacial score (nSPS) is 9.92. The van der Waals surface area contributed by atoms with Crippen molar-refractivity contribution in [1.82, 2.24) is 4.98 Å². The van der Waals surface area contributed by atoms with Gasteiger partial charge in [0.15, 0.2) is 0 Å². The van der Waals surface area contributed by atoms with Gasteiger partial charge in [0.25, 0.3) is 0 Å². The summed E-state index contributed by atoms with van der Waals surface area (Å²) in [6.45, 7) is 0. The summed E-state index contributed by atoms with van der Waals surface area (Å²) >= 11 is 0. The van der Waals surface area contributed by atoms with Gasteiger partial charge in [-0.3, -0.25) is 0 Å². The summed E-state index contributed by atoms with van der Waals surface area (Å²) in [5.74, 6) is 0.316. The van der Waals surface area contributed by atoms with Gasteiger partial charge in [-0.1, -0.05) is 0 Å². The van der Waals surface area contributed by atoms with Crippen LogP contribution >= 0.6 is 0 Å². The monoisotopic (exact) mass is 160 g/mol. The zero-order chi connectivity index (χ0) is 8.97. The van der Waals surface area contributed by atoms with Gasteiger partial charge in [-0.2, -0.15) is 5.26 Å². The van der Waals surface area contributed by atoms with Crippen LogP contribution < -0.4 is 11.5 Å². The molecule has 0 fully saturated rings. The Labute approximate surface area is 70.1 Å². The first kappa shape index (κ1) is 8.08. The van der Waals surface area contributed by atoms with Crippen LogP contribution in [0.3, 0.4) is 0 Å². The highest BCUT2D eigenvalue weighted by atomic mass is 14.8. The highest BCUT2D eigenvalue weighted by molar-refractivity contribution is 5.61. The average molecular weight is 160 g/mol. The molecule has 0 unspecified atom stereocenters. The molecule has 60 valence electrons. The minimum atomic E-state index is 0.307. The van der Waals surface area contributed by atoms with E-state index in [0.29, 0.717) is 11.5 Å². The fourth-order valence-electron chi connectivity index (χ4n) is 0.793. The number of pyridine rings is 1. The van der Waals surface area contributed by atoms with Gasteiger partial charge in [-0.15, -0.1) is 0 Å². The maximum absolute atomic E-state index is 8.47. The molecule has 1 aromatic heterocycles. The molecule has 0 amide bonds. The molecule has 0 aliphatic heterocycles. The first-order valence-electron chi connectivity index (χ1n) is 3.33. The van der Waals surface area contributed by atoms with Gasteiger partial charge in [-0.25, -0.2) is 4.98 Å². The molecule has 0 radical (unpaired) electrons. The van der Waals surface area contributed by atoms with Crippen LogP contribution in [0, 0.1) is 11.3 Å². The van der Waals surface area contributed by atoms with Crippen molar-refractivity contribution in [2.75, 3.05) is 5.73 Å². The van der Waals surface area contributed by atoms with Crippen LogP contribution in [0.5, 0.6) is 0 Å². The summed E-state index contributed by atoms with van der Waals surface area (Å²) < 4.78 is 0. The largest absolute Gasteiger partial charge is 0.405 e. The van der Waals surface area contributed by atoms with Crippen molar-refractivity contribution in [2.45, 2.75) is 0 Å². The smallest absolute Gasteiger partial charge is 0.142 e. The molecule has 0 bridgehead atoms. The van der Waals surface area contributed by atoms with Gasteiger partial charge in [0.2, 0.25) is 0 Å². The third-order valence-corrected chi connectivity index (χ3v) is 1.35. The molecule has 1 rings (SSSR count). The first-order valence-corrected chi connectivity index (χ1v) is 3.33. The predicted octanol–water partition coefficient (Wildman–Crippen LogP) is 0.465. The van der Waals surface area contributed by atoms with E-state index in [9.17, 15) is 0 Å². The molecule has 0 saturated carbocycles. The highest BCUT2D eigenvalue weighted by Crippen LogP contribution is 2.10. The van der Waals surface area contributed by atoms with Crippen LogP contribution in [0.25, 0.3) is 6.08 Å².